The lowest BCUT2D eigenvalue weighted by molar-refractivity contribution is -0.123. The molecule has 0 aliphatic heterocycles. The fourth-order valence-electron chi connectivity index (χ4n) is 2.98. The minimum atomic E-state index is 0.0729. The molecule has 0 bridgehead atoms. The van der Waals surface area contributed by atoms with Gasteiger partial charge in [0.25, 0.3) is 0 Å². The lowest BCUT2D eigenvalue weighted by atomic mass is 9.90. The van der Waals surface area contributed by atoms with Crippen LogP contribution in [0.1, 0.15) is 83.5 Å². The molecule has 0 aromatic rings. The van der Waals surface area contributed by atoms with Crippen LogP contribution < -0.4 is 0 Å². The van der Waals surface area contributed by atoms with E-state index in [-0.39, 0.29) is 5.92 Å². The standard InChI is InChI=1S/C20H30O2/c1-2-3-13-18-14-10-8-6-4-5-7-9-11-15-19(21)16-12-17-20(18)22/h1,6,8,18H,3-5,7,9-17H2/b8-6-. The van der Waals surface area contributed by atoms with Gasteiger partial charge in [-0.15, -0.1) is 12.3 Å². The maximum absolute atomic E-state index is 12.3. The van der Waals surface area contributed by atoms with Crippen molar-refractivity contribution in [1.82, 2.24) is 0 Å². The van der Waals surface area contributed by atoms with Crippen molar-refractivity contribution < 1.29 is 9.59 Å². The van der Waals surface area contributed by atoms with E-state index in [1.54, 1.807) is 0 Å². The number of allylic oxidation sites excluding steroid dienone is 2. The Labute approximate surface area is 135 Å². The number of hydrogen-bond acceptors (Lipinski definition) is 2. The summed E-state index contributed by atoms with van der Waals surface area (Å²) in [5.74, 6) is 3.33. The van der Waals surface area contributed by atoms with Gasteiger partial charge in [0.15, 0.2) is 0 Å². The third-order valence-corrected chi connectivity index (χ3v) is 4.40. The molecule has 1 aliphatic carbocycles. The molecule has 0 N–H and O–H groups in total. The summed E-state index contributed by atoms with van der Waals surface area (Å²) in [5.41, 5.74) is 0. The first kappa shape index (κ1) is 18.7. The molecule has 122 valence electrons. The monoisotopic (exact) mass is 302 g/mol. The zero-order chi connectivity index (χ0) is 16.0. The molecular weight excluding hydrogens is 272 g/mol. The van der Waals surface area contributed by atoms with E-state index in [9.17, 15) is 9.59 Å². The Hall–Kier alpha value is -1.36. The number of carbonyl (C=O) groups excluding carboxylic acids is 2. The highest BCUT2D eigenvalue weighted by Crippen LogP contribution is 2.19. The molecule has 0 radical (unpaired) electrons. The summed E-state index contributed by atoms with van der Waals surface area (Å²) < 4.78 is 0. The minimum absolute atomic E-state index is 0.0729. The number of Topliss-reactive ketones (excluding diaryl/α,β-unsaturated/α-hetero) is 2. The lowest BCUT2D eigenvalue weighted by Crippen LogP contribution is -2.15. The zero-order valence-corrected chi connectivity index (χ0v) is 13.8. The maximum Gasteiger partial charge on any atom is 0.136 e. The summed E-state index contributed by atoms with van der Waals surface area (Å²) in [5, 5.41) is 0. The highest BCUT2D eigenvalue weighted by molar-refractivity contribution is 5.82. The maximum atomic E-state index is 12.3. The summed E-state index contributed by atoms with van der Waals surface area (Å²) in [6.45, 7) is 0. The Balaban J connectivity index is 2.53. The first-order chi connectivity index (χ1) is 10.7. The summed E-state index contributed by atoms with van der Waals surface area (Å²) >= 11 is 0. The van der Waals surface area contributed by atoms with Gasteiger partial charge in [-0.1, -0.05) is 25.0 Å². The van der Waals surface area contributed by atoms with Crippen molar-refractivity contribution in [1.29, 1.82) is 0 Å². The van der Waals surface area contributed by atoms with Crippen LogP contribution >= 0.6 is 0 Å². The molecule has 0 fully saturated rings. The predicted molar refractivity (Wildman–Crippen MR) is 91.5 cm³/mol. The van der Waals surface area contributed by atoms with E-state index < -0.39 is 0 Å². The molecule has 1 unspecified atom stereocenters. The fraction of sp³-hybridized carbons (Fsp3) is 0.700. The number of rotatable bonds is 2. The van der Waals surface area contributed by atoms with E-state index in [2.05, 4.69) is 18.1 Å². The van der Waals surface area contributed by atoms with Crippen LogP contribution in [0.5, 0.6) is 0 Å². The van der Waals surface area contributed by atoms with E-state index in [0.717, 1.165) is 38.5 Å². The minimum Gasteiger partial charge on any atom is -0.300 e. The summed E-state index contributed by atoms with van der Waals surface area (Å²) in [6.07, 6.45) is 21.2. The third kappa shape index (κ3) is 8.82. The van der Waals surface area contributed by atoms with Crippen molar-refractivity contribution in [2.75, 3.05) is 0 Å². The molecule has 2 heteroatoms. The number of terminal acetylenes is 1. The van der Waals surface area contributed by atoms with Crippen LogP contribution in [0, 0.1) is 18.3 Å². The first-order valence-corrected chi connectivity index (χ1v) is 8.87. The fourth-order valence-corrected chi connectivity index (χ4v) is 2.98. The Morgan fingerprint density at radius 2 is 1.68 bits per heavy atom. The quantitative estimate of drug-likeness (QED) is 0.530. The zero-order valence-electron chi connectivity index (χ0n) is 13.8. The van der Waals surface area contributed by atoms with Gasteiger partial charge in [0, 0.05) is 31.6 Å². The van der Waals surface area contributed by atoms with Gasteiger partial charge in [-0.25, -0.2) is 0 Å². The molecule has 0 heterocycles. The van der Waals surface area contributed by atoms with Crippen molar-refractivity contribution >= 4 is 11.6 Å². The third-order valence-electron chi connectivity index (χ3n) is 4.40. The SMILES string of the molecule is C#CCCC1CC/C=C\CCCCCCC(=O)CCCC1=O. The number of hydrogen-bond donors (Lipinski definition) is 0. The van der Waals surface area contributed by atoms with Crippen LogP contribution in [-0.2, 0) is 9.59 Å². The molecule has 22 heavy (non-hydrogen) atoms. The molecule has 1 atom stereocenters. The van der Waals surface area contributed by atoms with Gasteiger partial charge in [0.1, 0.15) is 11.6 Å². The van der Waals surface area contributed by atoms with Crippen LogP contribution in [0.3, 0.4) is 0 Å². The number of ketones is 2. The summed E-state index contributed by atoms with van der Waals surface area (Å²) in [4.78, 5) is 24.1. The van der Waals surface area contributed by atoms with E-state index in [4.69, 9.17) is 6.42 Å². The van der Waals surface area contributed by atoms with Gasteiger partial charge in [-0.05, 0) is 44.9 Å². The van der Waals surface area contributed by atoms with Crippen molar-refractivity contribution in [3.63, 3.8) is 0 Å². The van der Waals surface area contributed by atoms with Crippen molar-refractivity contribution in [2.45, 2.75) is 83.5 Å². The highest BCUT2D eigenvalue weighted by Gasteiger charge is 2.17. The molecule has 0 aromatic heterocycles. The van der Waals surface area contributed by atoms with Crippen LogP contribution in [-0.4, -0.2) is 11.6 Å². The Morgan fingerprint density at radius 1 is 0.955 bits per heavy atom. The van der Waals surface area contributed by atoms with Crippen LogP contribution in [0.25, 0.3) is 0 Å². The molecule has 1 rings (SSSR count). The molecule has 0 saturated heterocycles. The smallest absolute Gasteiger partial charge is 0.136 e. The Kier molecular flexibility index (Phi) is 10.4. The van der Waals surface area contributed by atoms with Crippen LogP contribution in [0.4, 0.5) is 0 Å². The summed E-state index contributed by atoms with van der Waals surface area (Å²) in [6, 6.07) is 0. The largest absolute Gasteiger partial charge is 0.300 e. The van der Waals surface area contributed by atoms with Crippen LogP contribution in [0.2, 0.25) is 0 Å². The van der Waals surface area contributed by atoms with Crippen LogP contribution in [0.15, 0.2) is 12.2 Å². The average molecular weight is 302 g/mol. The molecule has 0 aromatic carbocycles. The molecule has 0 saturated carbocycles. The van der Waals surface area contributed by atoms with E-state index in [0.29, 0.717) is 43.7 Å². The molecule has 1 aliphatic rings. The predicted octanol–water partition coefficient (Wildman–Crippen LogP) is 5.02. The van der Waals surface area contributed by atoms with E-state index in [1.165, 1.54) is 12.8 Å². The van der Waals surface area contributed by atoms with Crippen molar-refractivity contribution in [3.05, 3.63) is 12.2 Å². The molecule has 0 amide bonds. The first-order valence-electron chi connectivity index (χ1n) is 8.87. The normalized spacial score (nSPS) is 24.6. The Bertz CT molecular complexity index is 400. The van der Waals surface area contributed by atoms with Crippen molar-refractivity contribution in [3.8, 4) is 12.3 Å². The second-order valence-corrected chi connectivity index (χ2v) is 6.30. The molecular formula is C20H30O2. The highest BCUT2D eigenvalue weighted by atomic mass is 16.1. The average Bonchev–Trinajstić information content (AvgIpc) is 2.50. The van der Waals surface area contributed by atoms with Gasteiger partial charge >= 0.3 is 0 Å². The van der Waals surface area contributed by atoms with Gasteiger partial charge in [-0.3, -0.25) is 9.59 Å². The van der Waals surface area contributed by atoms with E-state index >= 15 is 0 Å². The van der Waals surface area contributed by atoms with Gasteiger partial charge in [0.2, 0.25) is 0 Å². The Morgan fingerprint density at radius 3 is 2.50 bits per heavy atom. The van der Waals surface area contributed by atoms with Crippen molar-refractivity contribution in [2.24, 2.45) is 5.92 Å². The molecule has 2 nitrogen and oxygen atoms in total. The second kappa shape index (κ2) is 12.2. The number of carbonyl (C=O) groups is 2. The van der Waals surface area contributed by atoms with Gasteiger partial charge in [0.05, 0.1) is 0 Å². The lowest BCUT2D eigenvalue weighted by Gasteiger charge is -2.13. The van der Waals surface area contributed by atoms with Gasteiger partial charge in [-0.2, -0.15) is 0 Å². The second-order valence-electron chi connectivity index (χ2n) is 6.30. The summed E-state index contributed by atoms with van der Waals surface area (Å²) in [7, 11) is 0. The van der Waals surface area contributed by atoms with E-state index in [1.807, 2.05) is 0 Å². The molecule has 0 spiro atoms. The topological polar surface area (TPSA) is 34.1 Å². The van der Waals surface area contributed by atoms with Gasteiger partial charge < -0.3 is 0 Å².